The Hall–Kier alpha value is -2.61. The average Bonchev–Trinajstić information content (AvgIpc) is 3.24. The number of nitrogens with one attached hydrogen (secondary N) is 1. The molecule has 1 aromatic carbocycles. The molecule has 0 radical (unpaired) electrons. The molecule has 3 aliphatic heterocycles. The lowest BCUT2D eigenvalue weighted by atomic mass is 10.0. The lowest BCUT2D eigenvalue weighted by Crippen LogP contribution is -2.50. The Morgan fingerprint density at radius 2 is 1.90 bits per heavy atom. The van der Waals surface area contributed by atoms with E-state index in [0.717, 1.165) is 56.5 Å². The summed E-state index contributed by atoms with van der Waals surface area (Å²) in [6.07, 6.45) is 4.69. The number of anilines is 1. The third-order valence-electron chi connectivity index (χ3n) is 5.80. The van der Waals surface area contributed by atoms with Crippen molar-refractivity contribution in [1.29, 1.82) is 0 Å². The van der Waals surface area contributed by atoms with Gasteiger partial charge in [-0.05, 0) is 29.7 Å². The van der Waals surface area contributed by atoms with E-state index in [9.17, 15) is 0 Å². The summed E-state index contributed by atoms with van der Waals surface area (Å²) < 4.78 is 5.54. The number of fused-ring (bicyclic) bond motifs is 1. The standard InChI is InChI=1S/C22H26N6O.ClH/c23-14-16-3-5-17(6-4-16)20-19-7-9-28(18-2-1-8-24-15-18)21(19)26-22(25-20)27-10-12-29-13-11-27;/h1-6,8,15,21H,7,9-14,23H2,(H,25,26);1H. The van der Waals surface area contributed by atoms with Crippen molar-refractivity contribution in [3.63, 3.8) is 0 Å². The maximum atomic E-state index is 5.79. The van der Waals surface area contributed by atoms with E-state index >= 15 is 0 Å². The van der Waals surface area contributed by atoms with Crippen LogP contribution in [0.15, 0.2) is 59.4 Å². The van der Waals surface area contributed by atoms with Crippen molar-refractivity contribution in [3.05, 3.63) is 65.5 Å². The molecule has 1 atom stereocenters. The Morgan fingerprint density at radius 1 is 1.10 bits per heavy atom. The zero-order valence-electron chi connectivity index (χ0n) is 16.8. The van der Waals surface area contributed by atoms with Gasteiger partial charge in [-0.15, -0.1) is 12.4 Å². The summed E-state index contributed by atoms with van der Waals surface area (Å²) in [5, 5.41) is 3.65. The van der Waals surface area contributed by atoms with Gasteiger partial charge < -0.3 is 25.6 Å². The lowest BCUT2D eigenvalue weighted by molar-refractivity contribution is 0.0667. The van der Waals surface area contributed by atoms with Crippen molar-refractivity contribution in [1.82, 2.24) is 15.2 Å². The first kappa shape index (κ1) is 20.7. The van der Waals surface area contributed by atoms with Crippen LogP contribution in [0.1, 0.15) is 17.5 Å². The van der Waals surface area contributed by atoms with Crippen LogP contribution in [-0.2, 0) is 11.3 Å². The number of morpholine rings is 1. The molecule has 2 saturated heterocycles. The van der Waals surface area contributed by atoms with Gasteiger partial charge in [-0.25, -0.2) is 4.99 Å². The lowest BCUT2D eigenvalue weighted by Gasteiger charge is -2.36. The number of pyridine rings is 1. The number of benzene rings is 1. The van der Waals surface area contributed by atoms with Crippen LogP contribution in [0.5, 0.6) is 0 Å². The Balaban J connectivity index is 0.00000218. The molecular formula is C22H27ClN6O. The fourth-order valence-corrected chi connectivity index (χ4v) is 4.22. The van der Waals surface area contributed by atoms with Gasteiger partial charge >= 0.3 is 0 Å². The molecule has 5 rings (SSSR count). The van der Waals surface area contributed by atoms with Crippen molar-refractivity contribution in [2.75, 3.05) is 37.7 Å². The molecule has 2 aromatic rings. The minimum Gasteiger partial charge on any atom is -0.378 e. The summed E-state index contributed by atoms with van der Waals surface area (Å²) in [5.74, 6) is 0.927. The van der Waals surface area contributed by atoms with E-state index in [-0.39, 0.29) is 18.6 Å². The van der Waals surface area contributed by atoms with Crippen LogP contribution < -0.4 is 16.0 Å². The second kappa shape index (κ2) is 9.04. The van der Waals surface area contributed by atoms with Crippen LogP contribution in [0.2, 0.25) is 0 Å². The first-order valence-electron chi connectivity index (χ1n) is 10.2. The summed E-state index contributed by atoms with van der Waals surface area (Å²) >= 11 is 0. The molecule has 0 amide bonds. The van der Waals surface area contributed by atoms with E-state index in [2.05, 4.69) is 50.4 Å². The summed E-state index contributed by atoms with van der Waals surface area (Å²) in [6.45, 7) is 4.64. The maximum absolute atomic E-state index is 5.79. The maximum Gasteiger partial charge on any atom is 0.201 e. The highest BCUT2D eigenvalue weighted by molar-refractivity contribution is 5.93. The number of ether oxygens (including phenoxy) is 1. The molecule has 0 spiro atoms. The smallest absolute Gasteiger partial charge is 0.201 e. The molecule has 30 heavy (non-hydrogen) atoms. The Morgan fingerprint density at radius 3 is 2.60 bits per heavy atom. The van der Waals surface area contributed by atoms with Crippen molar-refractivity contribution >= 4 is 29.8 Å². The fourth-order valence-electron chi connectivity index (χ4n) is 4.22. The van der Waals surface area contributed by atoms with Crippen molar-refractivity contribution in [2.45, 2.75) is 19.1 Å². The summed E-state index contributed by atoms with van der Waals surface area (Å²) in [7, 11) is 0. The van der Waals surface area contributed by atoms with Crippen molar-refractivity contribution < 1.29 is 4.74 Å². The van der Waals surface area contributed by atoms with Gasteiger partial charge in [0.2, 0.25) is 5.96 Å². The van der Waals surface area contributed by atoms with Gasteiger partial charge in [0.15, 0.2) is 0 Å². The van der Waals surface area contributed by atoms with Crippen molar-refractivity contribution in [3.8, 4) is 0 Å². The third kappa shape index (κ3) is 3.88. The van der Waals surface area contributed by atoms with Gasteiger partial charge in [0.1, 0.15) is 6.17 Å². The van der Waals surface area contributed by atoms with Crippen LogP contribution in [0.25, 0.3) is 5.70 Å². The Bertz CT molecular complexity index is 924. The highest BCUT2D eigenvalue weighted by Gasteiger charge is 2.36. The van der Waals surface area contributed by atoms with Crippen LogP contribution in [0.4, 0.5) is 5.69 Å². The number of nitrogens with two attached hydrogens (primary N) is 1. The molecular weight excluding hydrogens is 400 g/mol. The van der Waals surface area contributed by atoms with Gasteiger partial charge in [-0.3, -0.25) is 4.98 Å². The number of hydrogen-bond donors (Lipinski definition) is 2. The minimum absolute atomic E-state index is 0. The van der Waals surface area contributed by atoms with Gasteiger partial charge in [0.25, 0.3) is 0 Å². The number of guanidine groups is 1. The van der Waals surface area contributed by atoms with Gasteiger partial charge in [0.05, 0.1) is 30.8 Å². The van der Waals surface area contributed by atoms with Gasteiger partial charge in [0, 0.05) is 37.9 Å². The van der Waals surface area contributed by atoms with E-state index in [1.54, 1.807) is 0 Å². The molecule has 0 saturated carbocycles. The quantitative estimate of drug-likeness (QED) is 0.783. The predicted molar refractivity (Wildman–Crippen MR) is 121 cm³/mol. The van der Waals surface area contributed by atoms with Crippen LogP contribution in [0, 0.1) is 0 Å². The summed E-state index contributed by atoms with van der Waals surface area (Å²) in [4.78, 5) is 14.1. The largest absolute Gasteiger partial charge is 0.378 e. The summed E-state index contributed by atoms with van der Waals surface area (Å²) in [5.41, 5.74) is 11.7. The van der Waals surface area contributed by atoms with Crippen LogP contribution >= 0.6 is 12.4 Å². The molecule has 2 fully saturated rings. The molecule has 3 aliphatic rings. The zero-order chi connectivity index (χ0) is 19.6. The van der Waals surface area contributed by atoms with E-state index < -0.39 is 0 Å². The Labute approximate surface area is 183 Å². The molecule has 3 N–H and O–H groups in total. The Kier molecular flexibility index (Phi) is 6.22. The number of halogens is 1. The zero-order valence-corrected chi connectivity index (χ0v) is 17.6. The molecule has 1 aromatic heterocycles. The topological polar surface area (TPSA) is 79.0 Å². The van der Waals surface area contributed by atoms with Gasteiger partial charge in [-0.1, -0.05) is 24.3 Å². The number of aliphatic imine (C=N–C) groups is 1. The average molecular weight is 427 g/mol. The monoisotopic (exact) mass is 426 g/mol. The molecule has 8 heteroatoms. The molecule has 4 heterocycles. The highest BCUT2D eigenvalue weighted by atomic mass is 35.5. The van der Waals surface area contributed by atoms with E-state index in [1.165, 1.54) is 16.8 Å². The number of nitrogens with zero attached hydrogens (tertiary/aromatic N) is 4. The molecule has 0 aliphatic carbocycles. The number of hydrogen-bond acceptors (Lipinski definition) is 7. The van der Waals surface area contributed by atoms with Crippen LogP contribution in [-0.4, -0.2) is 54.9 Å². The van der Waals surface area contributed by atoms with Crippen LogP contribution in [0.3, 0.4) is 0 Å². The summed E-state index contributed by atoms with van der Waals surface area (Å²) in [6, 6.07) is 12.6. The SMILES string of the molecule is Cl.NCc1ccc(C2=C3CCN(c4cccnc4)C3N=C(N3CCOCC3)N2)cc1. The second-order valence-corrected chi connectivity index (χ2v) is 7.51. The molecule has 158 valence electrons. The predicted octanol–water partition coefficient (Wildman–Crippen LogP) is 2.20. The van der Waals surface area contributed by atoms with E-state index in [0.29, 0.717) is 6.54 Å². The number of aromatic nitrogens is 1. The normalized spacial score (nSPS) is 21.0. The first-order valence-corrected chi connectivity index (χ1v) is 10.2. The van der Waals surface area contributed by atoms with E-state index in [4.69, 9.17) is 15.5 Å². The van der Waals surface area contributed by atoms with Gasteiger partial charge in [-0.2, -0.15) is 0 Å². The molecule has 7 nitrogen and oxygen atoms in total. The number of rotatable bonds is 3. The highest BCUT2D eigenvalue weighted by Crippen LogP contribution is 2.36. The van der Waals surface area contributed by atoms with E-state index in [1.807, 2.05) is 18.5 Å². The third-order valence-corrected chi connectivity index (χ3v) is 5.80. The fraction of sp³-hybridized carbons (Fsp3) is 0.364. The molecule has 0 bridgehead atoms. The molecule has 1 unspecified atom stereocenters. The first-order chi connectivity index (χ1) is 14.3. The second-order valence-electron chi connectivity index (χ2n) is 7.51. The minimum atomic E-state index is -0.0116. The van der Waals surface area contributed by atoms with Crippen molar-refractivity contribution in [2.24, 2.45) is 10.7 Å².